The van der Waals surface area contributed by atoms with Crippen LogP contribution in [0.25, 0.3) is 10.1 Å². The number of likely N-dealkylation sites (N-methyl/N-ethyl adjacent to an activating group) is 1. The molecule has 2 rings (SSSR count). The predicted octanol–water partition coefficient (Wildman–Crippen LogP) is 2.92. The van der Waals surface area contributed by atoms with E-state index in [1.807, 2.05) is 0 Å². The molecule has 0 saturated carbocycles. The first kappa shape index (κ1) is 10.5. The van der Waals surface area contributed by atoms with Crippen molar-refractivity contribution in [2.45, 2.75) is 6.92 Å². The number of fused-ring (bicyclic) bond motifs is 1. The first-order valence-corrected chi connectivity index (χ1v) is 6.20. The minimum atomic E-state index is 0.981. The Hall–Kier alpha value is -1.06. The molecule has 1 aromatic carbocycles. The Bertz CT molecular complexity index is 422. The second kappa shape index (κ2) is 5.14. The van der Waals surface area contributed by atoms with Crippen molar-refractivity contribution in [3.05, 3.63) is 29.6 Å². The summed E-state index contributed by atoms with van der Waals surface area (Å²) in [5, 5.41) is 10.3. The maximum Gasteiger partial charge on any atom is 0.0529 e. The molecule has 0 spiro atoms. The Morgan fingerprint density at radius 3 is 2.93 bits per heavy atom. The molecule has 0 amide bonds. The normalized spacial score (nSPS) is 10.7. The zero-order valence-electron chi connectivity index (χ0n) is 8.92. The molecule has 80 valence electrons. The molecule has 3 heteroatoms. The van der Waals surface area contributed by atoms with Gasteiger partial charge in [-0.1, -0.05) is 25.1 Å². The van der Waals surface area contributed by atoms with Crippen LogP contribution in [0.3, 0.4) is 0 Å². The summed E-state index contributed by atoms with van der Waals surface area (Å²) in [5.74, 6) is 0. The minimum Gasteiger partial charge on any atom is -0.383 e. The molecule has 1 aromatic heterocycles. The highest BCUT2D eigenvalue weighted by Gasteiger charge is 2.01. The van der Waals surface area contributed by atoms with E-state index < -0.39 is 0 Å². The van der Waals surface area contributed by atoms with Crippen LogP contribution in [0.2, 0.25) is 0 Å². The summed E-state index contributed by atoms with van der Waals surface area (Å²) in [4.78, 5) is 0. The van der Waals surface area contributed by atoms with Gasteiger partial charge in [0.15, 0.2) is 0 Å². The lowest BCUT2D eigenvalue weighted by Gasteiger charge is -2.04. The van der Waals surface area contributed by atoms with Crippen LogP contribution in [-0.4, -0.2) is 19.6 Å². The van der Waals surface area contributed by atoms with E-state index in [0.29, 0.717) is 0 Å². The molecular formula is C12H16N2S. The molecule has 0 unspecified atom stereocenters. The molecule has 1 heterocycles. The van der Waals surface area contributed by atoms with Gasteiger partial charge in [0.25, 0.3) is 0 Å². The third-order valence-electron chi connectivity index (χ3n) is 2.35. The first-order valence-electron chi connectivity index (χ1n) is 5.32. The highest BCUT2D eigenvalue weighted by molar-refractivity contribution is 7.17. The molecule has 0 aliphatic rings. The van der Waals surface area contributed by atoms with Crippen LogP contribution < -0.4 is 10.6 Å². The van der Waals surface area contributed by atoms with Crippen LogP contribution in [0.15, 0.2) is 29.6 Å². The zero-order chi connectivity index (χ0) is 10.5. The van der Waals surface area contributed by atoms with E-state index in [-0.39, 0.29) is 0 Å². The fourth-order valence-electron chi connectivity index (χ4n) is 1.58. The molecule has 0 aliphatic heterocycles. The van der Waals surface area contributed by atoms with Crippen LogP contribution in [0, 0.1) is 0 Å². The average molecular weight is 220 g/mol. The topological polar surface area (TPSA) is 24.1 Å². The Kier molecular flexibility index (Phi) is 3.59. The van der Waals surface area contributed by atoms with Crippen molar-refractivity contribution >= 4 is 27.1 Å². The van der Waals surface area contributed by atoms with Crippen molar-refractivity contribution in [3.8, 4) is 0 Å². The van der Waals surface area contributed by atoms with Crippen molar-refractivity contribution in [3.63, 3.8) is 0 Å². The standard InChI is InChI=1S/C12H16N2S/c1-2-13-7-8-14-11-9-15-12-6-4-3-5-10(11)12/h3-6,9,13-14H,2,7-8H2,1H3. The van der Waals surface area contributed by atoms with Crippen molar-refractivity contribution in [2.75, 3.05) is 25.0 Å². The molecule has 2 aromatic rings. The van der Waals surface area contributed by atoms with Gasteiger partial charge in [0.2, 0.25) is 0 Å². The van der Waals surface area contributed by atoms with Crippen molar-refractivity contribution in [1.82, 2.24) is 5.32 Å². The van der Waals surface area contributed by atoms with Gasteiger partial charge in [0.05, 0.1) is 5.69 Å². The fourth-order valence-corrected chi connectivity index (χ4v) is 2.49. The molecule has 0 bridgehead atoms. The number of rotatable bonds is 5. The zero-order valence-corrected chi connectivity index (χ0v) is 9.73. The number of nitrogens with one attached hydrogen (secondary N) is 2. The van der Waals surface area contributed by atoms with E-state index in [4.69, 9.17) is 0 Å². The van der Waals surface area contributed by atoms with Gasteiger partial charge in [-0.25, -0.2) is 0 Å². The molecule has 2 nitrogen and oxygen atoms in total. The first-order chi connectivity index (χ1) is 7.42. The monoisotopic (exact) mass is 220 g/mol. The summed E-state index contributed by atoms with van der Waals surface area (Å²) < 4.78 is 1.35. The molecule has 0 saturated heterocycles. The number of hydrogen-bond acceptors (Lipinski definition) is 3. The molecule has 0 atom stereocenters. The van der Waals surface area contributed by atoms with Gasteiger partial charge in [-0.3, -0.25) is 0 Å². The molecule has 0 fully saturated rings. The summed E-state index contributed by atoms with van der Waals surface area (Å²) in [6, 6.07) is 8.50. The maximum absolute atomic E-state index is 3.45. The number of anilines is 1. The Labute approximate surface area is 94.3 Å². The molecule has 0 radical (unpaired) electrons. The Morgan fingerprint density at radius 1 is 1.20 bits per heavy atom. The predicted molar refractivity (Wildman–Crippen MR) is 68.9 cm³/mol. The highest BCUT2D eigenvalue weighted by atomic mass is 32.1. The van der Waals surface area contributed by atoms with Gasteiger partial charge >= 0.3 is 0 Å². The van der Waals surface area contributed by atoms with Gasteiger partial charge < -0.3 is 10.6 Å². The number of hydrogen-bond donors (Lipinski definition) is 2. The summed E-state index contributed by atoms with van der Waals surface area (Å²) in [7, 11) is 0. The largest absolute Gasteiger partial charge is 0.383 e. The van der Waals surface area contributed by atoms with Gasteiger partial charge in [0.1, 0.15) is 0 Å². The lowest BCUT2D eigenvalue weighted by molar-refractivity contribution is 0.739. The van der Waals surface area contributed by atoms with Gasteiger partial charge in [-0.2, -0.15) is 0 Å². The summed E-state index contributed by atoms with van der Waals surface area (Å²) >= 11 is 1.79. The van der Waals surface area contributed by atoms with Crippen LogP contribution in [-0.2, 0) is 0 Å². The van der Waals surface area contributed by atoms with Gasteiger partial charge in [0, 0.05) is 28.6 Å². The van der Waals surface area contributed by atoms with E-state index in [1.54, 1.807) is 11.3 Å². The fraction of sp³-hybridized carbons (Fsp3) is 0.333. The quantitative estimate of drug-likeness (QED) is 0.757. The van der Waals surface area contributed by atoms with Crippen molar-refractivity contribution in [2.24, 2.45) is 0 Å². The van der Waals surface area contributed by atoms with E-state index in [0.717, 1.165) is 19.6 Å². The third-order valence-corrected chi connectivity index (χ3v) is 3.31. The lowest BCUT2D eigenvalue weighted by Crippen LogP contribution is -2.21. The molecule has 15 heavy (non-hydrogen) atoms. The van der Waals surface area contributed by atoms with E-state index in [2.05, 4.69) is 47.2 Å². The number of thiophene rings is 1. The third kappa shape index (κ3) is 2.49. The molecule has 0 aliphatic carbocycles. The Balaban J connectivity index is 2.02. The van der Waals surface area contributed by atoms with Gasteiger partial charge in [-0.05, 0) is 12.6 Å². The second-order valence-corrected chi connectivity index (χ2v) is 4.34. The lowest BCUT2D eigenvalue weighted by atomic mass is 10.2. The van der Waals surface area contributed by atoms with Gasteiger partial charge in [-0.15, -0.1) is 11.3 Å². The Morgan fingerprint density at radius 2 is 2.07 bits per heavy atom. The molecular weight excluding hydrogens is 204 g/mol. The van der Waals surface area contributed by atoms with Crippen LogP contribution in [0.5, 0.6) is 0 Å². The second-order valence-electron chi connectivity index (χ2n) is 3.43. The van der Waals surface area contributed by atoms with E-state index in [1.165, 1.54) is 15.8 Å². The highest BCUT2D eigenvalue weighted by Crippen LogP contribution is 2.29. The maximum atomic E-state index is 3.45. The average Bonchev–Trinajstić information content (AvgIpc) is 2.68. The van der Waals surface area contributed by atoms with E-state index in [9.17, 15) is 0 Å². The summed E-state index contributed by atoms with van der Waals surface area (Å²) in [5.41, 5.74) is 1.26. The summed E-state index contributed by atoms with van der Waals surface area (Å²) in [6.45, 7) is 5.15. The SMILES string of the molecule is CCNCCNc1csc2ccccc12. The van der Waals surface area contributed by atoms with Crippen LogP contribution in [0.4, 0.5) is 5.69 Å². The van der Waals surface area contributed by atoms with Crippen molar-refractivity contribution < 1.29 is 0 Å². The summed E-state index contributed by atoms with van der Waals surface area (Å²) in [6.07, 6.45) is 0. The van der Waals surface area contributed by atoms with E-state index >= 15 is 0 Å². The number of benzene rings is 1. The van der Waals surface area contributed by atoms with Crippen LogP contribution in [0.1, 0.15) is 6.92 Å². The van der Waals surface area contributed by atoms with Crippen molar-refractivity contribution in [1.29, 1.82) is 0 Å². The minimum absolute atomic E-state index is 0.981. The smallest absolute Gasteiger partial charge is 0.0529 e. The molecule has 2 N–H and O–H groups in total. The van der Waals surface area contributed by atoms with Crippen LogP contribution >= 0.6 is 11.3 Å².